The highest BCUT2D eigenvalue weighted by molar-refractivity contribution is 7.47. The van der Waals surface area contributed by atoms with E-state index in [0.29, 0.717) is 12.8 Å². The van der Waals surface area contributed by atoms with Crippen LogP contribution in [0.5, 0.6) is 0 Å². The number of phosphoric acid groups is 1. The standard InChI is InChI=1S/C36H69O8P/c1-4-6-8-10-12-14-16-17-18-19-20-21-23-24-26-28-30-35(37)42-32-34(33-43-45(39,40)41-3)44-36(38)31-29-27-25-22-15-13-11-9-7-5-2/h9,11,34H,4-8,10,12-33H2,1-3H3,(H,39,40)/b11-9-. The van der Waals surface area contributed by atoms with Crippen LogP contribution in [0.2, 0.25) is 0 Å². The maximum Gasteiger partial charge on any atom is 0.472 e. The van der Waals surface area contributed by atoms with Crippen molar-refractivity contribution in [2.24, 2.45) is 0 Å². The minimum atomic E-state index is -4.25. The smallest absolute Gasteiger partial charge is 0.462 e. The molecule has 0 saturated carbocycles. The van der Waals surface area contributed by atoms with E-state index < -0.39 is 26.5 Å². The molecule has 0 aliphatic heterocycles. The third-order valence-corrected chi connectivity index (χ3v) is 8.93. The summed E-state index contributed by atoms with van der Waals surface area (Å²) in [5, 5.41) is 0. The fraction of sp³-hybridized carbons (Fsp3) is 0.889. The molecule has 0 aromatic carbocycles. The number of unbranched alkanes of at least 4 members (excludes halogenated alkanes) is 21. The third kappa shape index (κ3) is 32.5. The lowest BCUT2D eigenvalue weighted by Gasteiger charge is -2.19. The molecular formula is C36H69O8P. The van der Waals surface area contributed by atoms with E-state index in [1.165, 1.54) is 89.9 Å². The van der Waals surface area contributed by atoms with Crippen LogP contribution in [0.15, 0.2) is 12.2 Å². The second-order valence-electron chi connectivity index (χ2n) is 12.4. The molecule has 0 spiro atoms. The Morgan fingerprint density at radius 1 is 0.600 bits per heavy atom. The number of carbonyl (C=O) groups excluding carboxylic acids is 2. The Balaban J connectivity index is 4.01. The zero-order chi connectivity index (χ0) is 33.3. The van der Waals surface area contributed by atoms with E-state index in [1.807, 2.05) is 0 Å². The average molecular weight is 661 g/mol. The number of phosphoric ester groups is 1. The Hall–Kier alpha value is -1.21. The summed E-state index contributed by atoms with van der Waals surface area (Å²) in [4.78, 5) is 34.2. The summed E-state index contributed by atoms with van der Waals surface area (Å²) in [6.45, 7) is 3.81. The highest BCUT2D eigenvalue weighted by Crippen LogP contribution is 2.42. The lowest BCUT2D eigenvalue weighted by atomic mass is 10.0. The van der Waals surface area contributed by atoms with Gasteiger partial charge in [0, 0.05) is 20.0 Å². The molecule has 9 heteroatoms. The normalized spacial score (nSPS) is 13.6. The molecule has 0 aliphatic rings. The second-order valence-corrected chi connectivity index (χ2v) is 13.9. The van der Waals surface area contributed by atoms with Gasteiger partial charge in [-0.1, -0.05) is 148 Å². The predicted molar refractivity (Wildman–Crippen MR) is 184 cm³/mol. The van der Waals surface area contributed by atoms with Crippen molar-refractivity contribution in [3.63, 3.8) is 0 Å². The van der Waals surface area contributed by atoms with E-state index in [0.717, 1.165) is 64.9 Å². The summed E-state index contributed by atoms with van der Waals surface area (Å²) >= 11 is 0. The van der Waals surface area contributed by atoms with E-state index in [-0.39, 0.29) is 19.0 Å². The van der Waals surface area contributed by atoms with Crippen molar-refractivity contribution in [3.8, 4) is 0 Å². The van der Waals surface area contributed by atoms with Crippen LogP contribution in [0.3, 0.4) is 0 Å². The van der Waals surface area contributed by atoms with Gasteiger partial charge in [0.2, 0.25) is 0 Å². The van der Waals surface area contributed by atoms with Crippen LogP contribution in [0.1, 0.15) is 181 Å². The Labute approximate surface area is 276 Å². The van der Waals surface area contributed by atoms with Crippen LogP contribution in [-0.2, 0) is 32.7 Å². The lowest BCUT2D eigenvalue weighted by Crippen LogP contribution is -2.29. The largest absolute Gasteiger partial charge is 0.472 e. The highest BCUT2D eigenvalue weighted by Gasteiger charge is 2.24. The van der Waals surface area contributed by atoms with Crippen LogP contribution in [0.4, 0.5) is 0 Å². The Morgan fingerprint density at radius 2 is 1.04 bits per heavy atom. The van der Waals surface area contributed by atoms with Crippen LogP contribution in [0.25, 0.3) is 0 Å². The van der Waals surface area contributed by atoms with E-state index >= 15 is 0 Å². The van der Waals surface area contributed by atoms with Crippen molar-refractivity contribution in [2.75, 3.05) is 20.3 Å². The van der Waals surface area contributed by atoms with Crippen molar-refractivity contribution < 1.29 is 37.6 Å². The van der Waals surface area contributed by atoms with E-state index in [9.17, 15) is 19.0 Å². The zero-order valence-electron chi connectivity index (χ0n) is 29.3. The van der Waals surface area contributed by atoms with Gasteiger partial charge in [-0.25, -0.2) is 4.57 Å². The predicted octanol–water partition coefficient (Wildman–Crippen LogP) is 10.9. The molecule has 0 fully saturated rings. The highest BCUT2D eigenvalue weighted by atomic mass is 31.2. The molecule has 0 heterocycles. The molecule has 266 valence electrons. The first kappa shape index (κ1) is 43.8. The quantitative estimate of drug-likeness (QED) is 0.0314. The van der Waals surface area contributed by atoms with Crippen molar-refractivity contribution in [3.05, 3.63) is 12.2 Å². The van der Waals surface area contributed by atoms with Crippen LogP contribution < -0.4 is 0 Å². The van der Waals surface area contributed by atoms with E-state index in [4.69, 9.17) is 14.0 Å². The maximum absolute atomic E-state index is 12.4. The summed E-state index contributed by atoms with van der Waals surface area (Å²) in [5.74, 6) is -0.810. The molecule has 8 nitrogen and oxygen atoms in total. The summed E-state index contributed by atoms with van der Waals surface area (Å²) in [6, 6.07) is 0. The molecule has 0 rings (SSSR count). The number of carbonyl (C=O) groups is 2. The van der Waals surface area contributed by atoms with Gasteiger partial charge >= 0.3 is 19.8 Å². The van der Waals surface area contributed by atoms with Crippen LogP contribution in [0, 0.1) is 0 Å². The van der Waals surface area contributed by atoms with Crippen molar-refractivity contribution >= 4 is 19.8 Å². The van der Waals surface area contributed by atoms with Gasteiger partial charge in [0.05, 0.1) is 6.61 Å². The fourth-order valence-corrected chi connectivity index (χ4v) is 5.59. The SMILES string of the molecule is CCC/C=C\CCCCCCCC(=O)OC(COC(=O)CCCCCCCCCCCCCCCCCC)COP(=O)(O)OC. The number of hydrogen-bond acceptors (Lipinski definition) is 7. The molecule has 0 aliphatic carbocycles. The lowest BCUT2D eigenvalue weighted by molar-refractivity contribution is -0.161. The number of hydrogen-bond donors (Lipinski definition) is 1. The molecule has 0 aromatic rings. The van der Waals surface area contributed by atoms with Gasteiger partial charge in [-0.2, -0.15) is 0 Å². The van der Waals surface area contributed by atoms with Crippen LogP contribution in [-0.4, -0.2) is 43.3 Å². The molecular weight excluding hydrogens is 591 g/mol. The van der Waals surface area contributed by atoms with Crippen molar-refractivity contribution in [2.45, 2.75) is 187 Å². The molecule has 45 heavy (non-hydrogen) atoms. The fourth-order valence-electron chi connectivity index (χ4n) is 5.13. The average Bonchev–Trinajstić information content (AvgIpc) is 3.03. The summed E-state index contributed by atoms with van der Waals surface area (Å²) < 4.78 is 31.8. The molecule has 0 bridgehead atoms. The summed E-state index contributed by atoms with van der Waals surface area (Å²) in [5.41, 5.74) is 0. The van der Waals surface area contributed by atoms with Gasteiger partial charge in [-0.05, 0) is 32.1 Å². The Kier molecular flexibility index (Phi) is 31.8. The molecule has 0 radical (unpaired) electrons. The van der Waals surface area contributed by atoms with Gasteiger partial charge in [0.1, 0.15) is 6.61 Å². The van der Waals surface area contributed by atoms with Gasteiger partial charge < -0.3 is 14.4 Å². The molecule has 2 atom stereocenters. The third-order valence-electron chi connectivity index (χ3n) is 7.99. The van der Waals surface area contributed by atoms with E-state index in [2.05, 4.69) is 30.5 Å². The maximum atomic E-state index is 12.4. The minimum absolute atomic E-state index is 0.224. The van der Waals surface area contributed by atoms with E-state index in [1.54, 1.807) is 0 Å². The Bertz CT molecular complexity index is 757. The van der Waals surface area contributed by atoms with Gasteiger partial charge in [0.25, 0.3) is 0 Å². The number of esters is 2. The summed E-state index contributed by atoms with van der Waals surface area (Å²) in [6.07, 6.45) is 32.7. The molecule has 2 unspecified atom stereocenters. The monoisotopic (exact) mass is 660 g/mol. The number of allylic oxidation sites excluding steroid dienone is 2. The molecule has 1 N–H and O–H groups in total. The summed E-state index contributed by atoms with van der Waals surface area (Å²) in [7, 11) is -3.19. The van der Waals surface area contributed by atoms with Crippen molar-refractivity contribution in [1.82, 2.24) is 0 Å². The number of ether oxygens (including phenoxy) is 2. The molecule has 0 amide bonds. The first-order valence-electron chi connectivity index (χ1n) is 18.4. The minimum Gasteiger partial charge on any atom is -0.462 e. The Morgan fingerprint density at radius 3 is 1.53 bits per heavy atom. The van der Waals surface area contributed by atoms with Gasteiger partial charge in [0.15, 0.2) is 6.10 Å². The van der Waals surface area contributed by atoms with Gasteiger partial charge in [-0.15, -0.1) is 0 Å². The zero-order valence-corrected chi connectivity index (χ0v) is 30.2. The van der Waals surface area contributed by atoms with Crippen LogP contribution >= 0.6 is 7.82 Å². The van der Waals surface area contributed by atoms with Gasteiger partial charge in [-0.3, -0.25) is 18.6 Å². The molecule has 0 saturated heterocycles. The topological polar surface area (TPSA) is 108 Å². The number of rotatable bonds is 34. The molecule has 0 aromatic heterocycles. The second kappa shape index (κ2) is 32.7. The first-order chi connectivity index (χ1) is 21.8. The first-order valence-corrected chi connectivity index (χ1v) is 19.9. The van der Waals surface area contributed by atoms with Crippen molar-refractivity contribution in [1.29, 1.82) is 0 Å².